The van der Waals surface area contributed by atoms with Crippen LogP contribution in [-0.2, 0) is 11.2 Å². The molecule has 10 heteroatoms. The number of hydrogen-bond acceptors (Lipinski definition) is 8. The van der Waals surface area contributed by atoms with Gasteiger partial charge in [-0.2, -0.15) is 5.10 Å². The first-order valence-corrected chi connectivity index (χ1v) is 13.8. The van der Waals surface area contributed by atoms with Gasteiger partial charge in [-0.3, -0.25) is 4.98 Å². The van der Waals surface area contributed by atoms with Gasteiger partial charge in [0.1, 0.15) is 17.3 Å². The van der Waals surface area contributed by atoms with Crippen molar-refractivity contribution in [3.63, 3.8) is 0 Å². The molecule has 0 unspecified atom stereocenters. The predicted molar refractivity (Wildman–Crippen MR) is 156 cm³/mol. The zero-order valence-corrected chi connectivity index (χ0v) is 22.9. The van der Waals surface area contributed by atoms with Crippen LogP contribution in [0.2, 0.25) is 0 Å². The lowest BCUT2D eigenvalue weighted by Crippen LogP contribution is -2.46. The molecule has 0 aliphatic carbocycles. The first-order valence-electron chi connectivity index (χ1n) is 13.8. The van der Waals surface area contributed by atoms with Crippen LogP contribution in [-0.4, -0.2) is 76.4 Å². The van der Waals surface area contributed by atoms with E-state index >= 15 is 0 Å². The highest BCUT2D eigenvalue weighted by Gasteiger charge is 2.25. The van der Waals surface area contributed by atoms with E-state index in [2.05, 4.69) is 28.3 Å². The Bertz CT molecular complexity index is 1540. The monoisotopic (exact) mass is 541 g/mol. The molecule has 0 spiro atoms. The highest BCUT2D eigenvalue weighted by atomic mass is 16.5. The number of nitrogens with one attached hydrogen (secondary N) is 1. The van der Waals surface area contributed by atoms with Gasteiger partial charge < -0.3 is 30.5 Å². The maximum atomic E-state index is 9.91. The van der Waals surface area contributed by atoms with Gasteiger partial charge in [-0.1, -0.05) is 6.92 Å². The molecule has 0 saturated carbocycles. The molecule has 4 N–H and O–H groups in total. The number of likely N-dealkylation sites (tertiary alicyclic amines) is 1. The van der Waals surface area contributed by atoms with Crippen LogP contribution < -0.4 is 15.8 Å². The number of phenolic OH excluding ortho intramolecular Hbond substituents is 1. The van der Waals surface area contributed by atoms with Crippen molar-refractivity contribution in [2.24, 2.45) is 16.6 Å². The van der Waals surface area contributed by atoms with E-state index in [-0.39, 0.29) is 11.8 Å². The summed E-state index contributed by atoms with van der Waals surface area (Å²) >= 11 is 0. The predicted octanol–water partition coefficient (Wildman–Crippen LogP) is 3.84. The zero-order valence-electron chi connectivity index (χ0n) is 22.9. The van der Waals surface area contributed by atoms with Crippen LogP contribution in [0.4, 0.5) is 11.4 Å². The van der Waals surface area contributed by atoms with Crippen molar-refractivity contribution in [2.45, 2.75) is 25.8 Å². The molecule has 2 fully saturated rings. The number of anilines is 1. The number of nitrogens with two attached hydrogens (primary N) is 1. The average Bonchev–Trinajstić information content (AvgIpc) is 3.62. The van der Waals surface area contributed by atoms with Crippen molar-refractivity contribution >= 4 is 22.7 Å². The summed E-state index contributed by atoms with van der Waals surface area (Å²) in [6, 6.07) is 9.28. The number of pyridine rings is 1. The van der Waals surface area contributed by atoms with Crippen LogP contribution >= 0.6 is 0 Å². The number of aromatic nitrogens is 3. The summed E-state index contributed by atoms with van der Waals surface area (Å²) in [6.45, 7) is 6.13. The summed E-state index contributed by atoms with van der Waals surface area (Å²) in [6.07, 6.45) is 8.94. The molecule has 4 aromatic rings. The van der Waals surface area contributed by atoms with Gasteiger partial charge in [-0.15, -0.1) is 0 Å². The Morgan fingerprint density at radius 2 is 2.12 bits per heavy atom. The normalized spacial score (nSPS) is 18.2. The van der Waals surface area contributed by atoms with E-state index in [1.54, 1.807) is 30.6 Å². The molecule has 3 aromatic heterocycles. The number of nitrogens with zero attached hydrogens (tertiary/aromatic N) is 5. The van der Waals surface area contributed by atoms with Crippen LogP contribution in [0.1, 0.15) is 24.5 Å². The van der Waals surface area contributed by atoms with Crippen molar-refractivity contribution in [3.05, 3.63) is 66.2 Å². The van der Waals surface area contributed by atoms with Gasteiger partial charge >= 0.3 is 0 Å². The molecule has 6 rings (SSSR count). The average molecular weight is 542 g/mol. The Kier molecular flexibility index (Phi) is 7.27. The lowest BCUT2D eigenvalue weighted by Gasteiger charge is -2.35. The lowest BCUT2D eigenvalue weighted by molar-refractivity contribution is 0.0859. The van der Waals surface area contributed by atoms with Gasteiger partial charge in [0.05, 0.1) is 47.9 Å². The molecule has 2 aliphatic heterocycles. The molecular formula is C30H35N7O3. The number of rotatable bonds is 9. The molecule has 2 aliphatic rings. The summed E-state index contributed by atoms with van der Waals surface area (Å²) in [7, 11) is 2.12. The molecule has 1 aromatic carbocycles. The van der Waals surface area contributed by atoms with E-state index in [1.807, 2.05) is 29.9 Å². The summed E-state index contributed by atoms with van der Waals surface area (Å²) in [5, 5.41) is 18.3. The standard InChI is InChI=1S/C30H35N7O3/c1-3-20-10-23(38)4-5-26(20)35-30(31)25-13-33-37-16-21(11-27(37)29(25)34-22-7-9-39-18-22)24-12-32-8-6-28(24)40-17-19-14-36(2)15-19/h4-6,8,10-13,16,19,22,34,38H,3,7,9,14-15,17-18H2,1-2H3,(H2,31,35)/t22-/m1/s1. The Morgan fingerprint density at radius 3 is 2.90 bits per heavy atom. The van der Waals surface area contributed by atoms with Gasteiger partial charge in [-0.25, -0.2) is 9.51 Å². The Balaban J connectivity index is 1.39. The van der Waals surface area contributed by atoms with E-state index in [4.69, 9.17) is 25.3 Å². The second kappa shape index (κ2) is 11.1. The molecule has 0 radical (unpaired) electrons. The lowest BCUT2D eigenvalue weighted by atomic mass is 10.0. The minimum atomic E-state index is 0.147. The molecule has 1 atom stereocenters. The van der Waals surface area contributed by atoms with E-state index in [1.165, 1.54) is 0 Å². The topological polar surface area (TPSA) is 123 Å². The van der Waals surface area contributed by atoms with Crippen LogP contribution in [0.5, 0.6) is 11.5 Å². The molecule has 0 amide bonds. The molecule has 0 bridgehead atoms. The van der Waals surface area contributed by atoms with Crippen molar-refractivity contribution in [2.75, 3.05) is 45.3 Å². The first-order chi connectivity index (χ1) is 19.5. The van der Waals surface area contributed by atoms with Gasteiger partial charge in [0, 0.05) is 55.3 Å². The van der Waals surface area contributed by atoms with Gasteiger partial charge in [0.15, 0.2) is 0 Å². The van der Waals surface area contributed by atoms with Crippen LogP contribution in [0, 0.1) is 5.92 Å². The minimum Gasteiger partial charge on any atom is -0.508 e. The molecule has 10 nitrogen and oxygen atoms in total. The fraction of sp³-hybridized carbons (Fsp3) is 0.367. The number of ether oxygens (including phenoxy) is 2. The van der Waals surface area contributed by atoms with Gasteiger partial charge in [-0.05, 0) is 55.8 Å². The quantitative estimate of drug-likeness (QED) is 0.216. The fourth-order valence-corrected chi connectivity index (χ4v) is 5.42. The summed E-state index contributed by atoms with van der Waals surface area (Å²) in [4.78, 5) is 11.4. The van der Waals surface area contributed by atoms with Crippen LogP contribution in [0.25, 0.3) is 16.6 Å². The molecular weight excluding hydrogens is 506 g/mol. The number of benzene rings is 1. The Morgan fingerprint density at radius 1 is 1.25 bits per heavy atom. The Hall–Kier alpha value is -4.15. The van der Waals surface area contributed by atoms with E-state index in [0.717, 1.165) is 65.3 Å². The highest BCUT2D eigenvalue weighted by Crippen LogP contribution is 2.35. The van der Waals surface area contributed by atoms with Crippen LogP contribution in [0.3, 0.4) is 0 Å². The first kappa shape index (κ1) is 26.1. The summed E-state index contributed by atoms with van der Waals surface area (Å²) < 4.78 is 13.7. The minimum absolute atomic E-state index is 0.147. The van der Waals surface area contributed by atoms with Crippen molar-refractivity contribution < 1.29 is 14.6 Å². The third-order valence-electron chi connectivity index (χ3n) is 7.58. The second-order valence-corrected chi connectivity index (χ2v) is 10.6. The number of aryl methyl sites for hydroxylation is 1. The number of hydrogen-bond donors (Lipinski definition) is 3. The van der Waals surface area contributed by atoms with E-state index < -0.39 is 0 Å². The van der Waals surface area contributed by atoms with E-state index in [0.29, 0.717) is 37.1 Å². The van der Waals surface area contributed by atoms with Crippen molar-refractivity contribution in [3.8, 4) is 22.6 Å². The molecule has 208 valence electrons. The fourth-order valence-electron chi connectivity index (χ4n) is 5.42. The maximum absolute atomic E-state index is 9.91. The molecule has 2 saturated heterocycles. The number of aliphatic imine (C=N–C) groups is 1. The smallest absolute Gasteiger partial charge is 0.135 e. The number of phenols is 1. The SMILES string of the molecule is CCc1cc(O)ccc1/N=C(\N)c1cnn2cc(-c3cnccc3OCC3CN(C)C3)cc2c1N[C@@H]1CCOC1. The maximum Gasteiger partial charge on any atom is 0.135 e. The van der Waals surface area contributed by atoms with Gasteiger partial charge in [0.25, 0.3) is 0 Å². The van der Waals surface area contributed by atoms with Crippen LogP contribution in [0.15, 0.2) is 60.1 Å². The van der Waals surface area contributed by atoms with Crippen molar-refractivity contribution in [1.82, 2.24) is 19.5 Å². The summed E-state index contributed by atoms with van der Waals surface area (Å²) in [5.41, 5.74) is 12.5. The third kappa shape index (κ3) is 5.32. The number of fused-ring (bicyclic) bond motifs is 1. The number of aromatic hydroxyl groups is 1. The number of amidine groups is 1. The second-order valence-electron chi connectivity index (χ2n) is 10.6. The zero-order chi connectivity index (χ0) is 27.6. The molecule has 40 heavy (non-hydrogen) atoms. The molecule has 5 heterocycles. The van der Waals surface area contributed by atoms with E-state index in [9.17, 15) is 5.11 Å². The third-order valence-corrected chi connectivity index (χ3v) is 7.58. The van der Waals surface area contributed by atoms with Gasteiger partial charge in [0.2, 0.25) is 0 Å². The largest absolute Gasteiger partial charge is 0.508 e. The highest BCUT2D eigenvalue weighted by molar-refractivity contribution is 6.06. The Labute approximate surface area is 233 Å². The van der Waals surface area contributed by atoms with Crippen molar-refractivity contribution in [1.29, 1.82) is 0 Å². The summed E-state index contributed by atoms with van der Waals surface area (Å²) in [5.74, 6) is 1.90.